The Balaban J connectivity index is 1.53. The number of H-pyrrole nitrogens is 1. The maximum Gasteiger partial charge on any atom is 0.230 e. The Kier molecular flexibility index (Phi) is 5.52. The summed E-state index contributed by atoms with van der Waals surface area (Å²) in [5.41, 5.74) is 2.38. The molecule has 0 bridgehead atoms. The number of fused-ring (bicyclic) bond motifs is 1. The van der Waals surface area contributed by atoms with Crippen LogP contribution in [0.25, 0.3) is 11.0 Å². The summed E-state index contributed by atoms with van der Waals surface area (Å²) in [5.74, 6) is 0.434. The lowest BCUT2D eigenvalue weighted by Crippen LogP contribution is -2.24. The maximum absolute atomic E-state index is 12.0. The van der Waals surface area contributed by atoms with Crippen molar-refractivity contribution in [3.63, 3.8) is 0 Å². The molecular formula is C18H19N3O4S. The zero-order chi connectivity index (χ0) is 18.5. The number of nitrogens with zero attached hydrogens (tertiary/aromatic N) is 1. The fourth-order valence-electron chi connectivity index (χ4n) is 2.35. The molecule has 4 N–H and O–H groups in total. The average molecular weight is 373 g/mol. The maximum atomic E-state index is 12.0. The van der Waals surface area contributed by atoms with Crippen molar-refractivity contribution in [2.24, 2.45) is 0 Å². The van der Waals surface area contributed by atoms with Gasteiger partial charge in [0.1, 0.15) is 5.75 Å². The Morgan fingerprint density at radius 2 is 2.08 bits per heavy atom. The van der Waals surface area contributed by atoms with Gasteiger partial charge in [-0.25, -0.2) is 4.98 Å². The molecule has 0 spiro atoms. The molecular weight excluding hydrogens is 354 g/mol. The summed E-state index contributed by atoms with van der Waals surface area (Å²) >= 11 is 1.31. The van der Waals surface area contributed by atoms with Crippen molar-refractivity contribution in [1.82, 2.24) is 15.3 Å². The van der Waals surface area contributed by atoms with Crippen molar-refractivity contribution in [3.8, 4) is 17.2 Å². The van der Waals surface area contributed by atoms with Crippen LogP contribution < -0.4 is 10.1 Å². The number of imidazole rings is 1. The highest BCUT2D eigenvalue weighted by atomic mass is 32.2. The molecule has 2 aromatic carbocycles. The molecule has 1 aromatic heterocycles. The second kappa shape index (κ2) is 8.01. The zero-order valence-corrected chi connectivity index (χ0v) is 15.0. The van der Waals surface area contributed by atoms with Gasteiger partial charge >= 0.3 is 0 Å². The summed E-state index contributed by atoms with van der Waals surface area (Å²) in [6, 6.07) is 10.1. The summed E-state index contributed by atoms with van der Waals surface area (Å²) in [6.45, 7) is 2.79. The van der Waals surface area contributed by atoms with Crippen LogP contribution in [0.2, 0.25) is 0 Å². The van der Waals surface area contributed by atoms with Gasteiger partial charge in [0.05, 0.1) is 23.4 Å². The fourth-order valence-corrected chi connectivity index (χ4v) is 3.07. The van der Waals surface area contributed by atoms with E-state index in [0.717, 1.165) is 16.8 Å². The number of amides is 1. The first kappa shape index (κ1) is 17.9. The van der Waals surface area contributed by atoms with Gasteiger partial charge < -0.3 is 25.3 Å². The van der Waals surface area contributed by atoms with E-state index in [1.54, 1.807) is 6.07 Å². The smallest absolute Gasteiger partial charge is 0.230 e. The number of aromatic nitrogens is 2. The van der Waals surface area contributed by atoms with E-state index in [1.165, 1.54) is 23.9 Å². The number of hydrogen-bond acceptors (Lipinski definition) is 6. The van der Waals surface area contributed by atoms with Crippen molar-refractivity contribution in [2.45, 2.75) is 18.6 Å². The van der Waals surface area contributed by atoms with Gasteiger partial charge in [-0.05, 0) is 36.8 Å². The number of aromatic amines is 1. The van der Waals surface area contributed by atoms with Crippen molar-refractivity contribution >= 4 is 28.7 Å². The number of carbonyl (C=O) groups excluding carboxylic acids is 1. The van der Waals surface area contributed by atoms with Crippen molar-refractivity contribution in [2.75, 3.05) is 12.4 Å². The van der Waals surface area contributed by atoms with E-state index in [0.29, 0.717) is 17.3 Å². The van der Waals surface area contributed by atoms with E-state index >= 15 is 0 Å². The molecule has 0 saturated heterocycles. The third-order valence-corrected chi connectivity index (χ3v) is 4.49. The highest BCUT2D eigenvalue weighted by Crippen LogP contribution is 2.25. The second-order valence-corrected chi connectivity index (χ2v) is 6.51. The third-order valence-electron chi connectivity index (χ3n) is 3.61. The SMILES string of the molecule is CCOc1ccc2nc(SCC(=O)NCc3ccc(O)c(O)c3)[nH]c2c1. The summed E-state index contributed by atoms with van der Waals surface area (Å²) in [6.07, 6.45) is 0. The number of hydrogen-bond donors (Lipinski definition) is 4. The van der Waals surface area contributed by atoms with Crippen LogP contribution in [0.1, 0.15) is 12.5 Å². The minimum Gasteiger partial charge on any atom is -0.504 e. The first-order valence-corrected chi connectivity index (χ1v) is 9.06. The van der Waals surface area contributed by atoms with Gasteiger partial charge in [-0.1, -0.05) is 17.8 Å². The molecule has 0 unspecified atom stereocenters. The van der Waals surface area contributed by atoms with Crippen LogP contribution >= 0.6 is 11.8 Å². The lowest BCUT2D eigenvalue weighted by atomic mass is 10.2. The molecule has 0 aliphatic heterocycles. The molecule has 7 nitrogen and oxygen atoms in total. The molecule has 0 fully saturated rings. The van der Waals surface area contributed by atoms with Crippen LogP contribution in [0.5, 0.6) is 17.2 Å². The van der Waals surface area contributed by atoms with Crippen LogP contribution in [-0.2, 0) is 11.3 Å². The van der Waals surface area contributed by atoms with Gasteiger partial charge in [0.15, 0.2) is 16.7 Å². The molecule has 0 aliphatic carbocycles. The summed E-state index contributed by atoms with van der Waals surface area (Å²) in [4.78, 5) is 19.6. The molecule has 0 radical (unpaired) electrons. The third kappa shape index (κ3) is 4.40. The van der Waals surface area contributed by atoms with E-state index in [-0.39, 0.29) is 29.7 Å². The monoisotopic (exact) mass is 373 g/mol. The number of phenolic OH excluding ortho intramolecular Hbond substituents is 2. The number of ether oxygens (including phenoxy) is 1. The Labute approximate surface area is 154 Å². The molecule has 3 aromatic rings. The molecule has 0 saturated carbocycles. The van der Waals surface area contributed by atoms with Gasteiger partial charge in [0.2, 0.25) is 5.91 Å². The highest BCUT2D eigenvalue weighted by Gasteiger charge is 2.09. The van der Waals surface area contributed by atoms with E-state index < -0.39 is 0 Å². The summed E-state index contributed by atoms with van der Waals surface area (Å²) < 4.78 is 5.46. The van der Waals surface area contributed by atoms with Crippen molar-refractivity contribution in [1.29, 1.82) is 0 Å². The normalized spacial score (nSPS) is 10.8. The number of carbonyl (C=O) groups is 1. The Morgan fingerprint density at radius 3 is 2.85 bits per heavy atom. The number of thioether (sulfide) groups is 1. The number of phenols is 2. The quantitative estimate of drug-likeness (QED) is 0.375. The van der Waals surface area contributed by atoms with Gasteiger partial charge in [-0.15, -0.1) is 0 Å². The fraction of sp³-hybridized carbons (Fsp3) is 0.222. The molecule has 0 aliphatic rings. The molecule has 8 heteroatoms. The Morgan fingerprint density at radius 1 is 1.23 bits per heavy atom. The Bertz CT molecular complexity index is 926. The molecule has 136 valence electrons. The van der Waals surface area contributed by atoms with Gasteiger partial charge in [-0.2, -0.15) is 0 Å². The van der Waals surface area contributed by atoms with E-state index in [2.05, 4.69) is 15.3 Å². The Hall–Kier alpha value is -2.87. The number of aromatic hydroxyl groups is 2. The largest absolute Gasteiger partial charge is 0.504 e. The second-order valence-electron chi connectivity index (χ2n) is 5.54. The van der Waals surface area contributed by atoms with Crippen LogP contribution in [-0.4, -0.2) is 38.4 Å². The predicted molar refractivity (Wildman–Crippen MR) is 99.6 cm³/mol. The summed E-state index contributed by atoms with van der Waals surface area (Å²) in [5, 5.41) is 22.2. The first-order chi connectivity index (χ1) is 12.5. The lowest BCUT2D eigenvalue weighted by Gasteiger charge is -2.06. The van der Waals surface area contributed by atoms with E-state index in [9.17, 15) is 15.0 Å². The number of rotatable bonds is 7. The zero-order valence-electron chi connectivity index (χ0n) is 14.2. The van der Waals surface area contributed by atoms with Gasteiger partial charge in [0.25, 0.3) is 0 Å². The minimum atomic E-state index is -0.208. The van der Waals surface area contributed by atoms with Gasteiger partial charge in [0, 0.05) is 12.6 Å². The van der Waals surface area contributed by atoms with Crippen LogP contribution in [0, 0.1) is 0 Å². The topological polar surface area (TPSA) is 107 Å². The van der Waals surface area contributed by atoms with Crippen molar-refractivity contribution in [3.05, 3.63) is 42.0 Å². The standard InChI is InChI=1S/C18H19N3O4S/c1-2-25-12-4-5-13-14(8-12)21-18(20-13)26-10-17(24)19-9-11-3-6-15(22)16(23)7-11/h3-8,22-23H,2,9-10H2,1H3,(H,19,24)(H,20,21). The molecule has 1 heterocycles. The van der Waals surface area contributed by atoms with Crippen LogP contribution in [0.15, 0.2) is 41.6 Å². The number of benzene rings is 2. The average Bonchev–Trinajstić information content (AvgIpc) is 3.03. The summed E-state index contributed by atoms with van der Waals surface area (Å²) in [7, 11) is 0. The molecule has 1 amide bonds. The lowest BCUT2D eigenvalue weighted by molar-refractivity contribution is -0.118. The van der Waals surface area contributed by atoms with Gasteiger partial charge in [-0.3, -0.25) is 4.79 Å². The highest BCUT2D eigenvalue weighted by molar-refractivity contribution is 7.99. The van der Waals surface area contributed by atoms with E-state index in [4.69, 9.17) is 4.74 Å². The van der Waals surface area contributed by atoms with Crippen LogP contribution in [0.4, 0.5) is 0 Å². The minimum absolute atomic E-state index is 0.155. The first-order valence-electron chi connectivity index (χ1n) is 8.08. The molecule has 26 heavy (non-hydrogen) atoms. The predicted octanol–water partition coefficient (Wildman–Crippen LogP) is 2.78. The number of nitrogens with one attached hydrogen (secondary N) is 2. The van der Waals surface area contributed by atoms with Crippen molar-refractivity contribution < 1.29 is 19.7 Å². The van der Waals surface area contributed by atoms with Crippen LogP contribution in [0.3, 0.4) is 0 Å². The van der Waals surface area contributed by atoms with E-state index in [1.807, 2.05) is 25.1 Å². The molecule has 3 rings (SSSR count). The molecule has 0 atom stereocenters.